The molecule has 0 saturated heterocycles. The maximum atomic E-state index is 12.5. The molecule has 2 atom stereocenters. The number of carbonyl (C=O) groups is 1. The van der Waals surface area contributed by atoms with Crippen molar-refractivity contribution < 1.29 is 15.0 Å². The van der Waals surface area contributed by atoms with Gasteiger partial charge in [-0.05, 0) is 32.1 Å². The van der Waals surface area contributed by atoms with Crippen molar-refractivity contribution in [3.63, 3.8) is 0 Å². The summed E-state index contributed by atoms with van der Waals surface area (Å²) in [5.41, 5.74) is 0. The lowest BCUT2D eigenvalue weighted by Gasteiger charge is -2.19. The molecule has 0 aliphatic heterocycles. The zero-order chi connectivity index (χ0) is 52.0. The Kier molecular flexibility index (Phi) is 63.2. The summed E-state index contributed by atoms with van der Waals surface area (Å²) in [6.07, 6.45) is 86.9. The van der Waals surface area contributed by atoms with Crippen LogP contribution in [0.1, 0.15) is 386 Å². The molecule has 0 fully saturated rings. The van der Waals surface area contributed by atoms with Gasteiger partial charge < -0.3 is 15.5 Å². The molecule has 0 aliphatic carbocycles. The van der Waals surface area contributed by atoms with Crippen LogP contribution < -0.4 is 5.32 Å². The first kappa shape index (κ1) is 70.9. The fourth-order valence-electron chi connectivity index (χ4n) is 10.8. The van der Waals surface area contributed by atoms with Gasteiger partial charge in [0.15, 0.2) is 0 Å². The van der Waals surface area contributed by atoms with Crippen molar-refractivity contribution in [1.29, 1.82) is 0 Å². The van der Waals surface area contributed by atoms with Gasteiger partial charge in [-0.2, -0.15) is 0 Å². The molecule has 4 heteroatoms. The summed E-state index contributed by atoms with van der Waals surface area (Å²) in [6, 6.07) is -0.637. The Bertz CT molecular complexity index is 1060. The highest BCUT2D eigenvalue weighted by molar-refractivity contribution is 5.76. The molecule has 0 bridgehead atoms. The summed E-state index contributed by atoms with van der Waals surface area (Å²) in [6.45, 7) is 4.35. The third-order valence-corrected chi connectivity index (χ3v) is 15.9. The lowest BCUT2D eigenvalue weighted by Crippen LogP contribution is -2.45. The Balaban J connectivity index is 3.43. The molecule has 0 saturated carbocycles. The van der Waals surface area contributed by atoms with Crippen molar-refractivity contribution in [2.45, 2.75) is 398 Å². The van der Waals surface area contributed by atoms with E-state index in [9.17, 15) is 15.0 Å². The van der Waals surface area contributed by atoms with Gasteiger partial charge in [-0.3, -0.25) is 4.79 Å². The largest absolute Gasteiger partial charge is 0.394 e. The van der Waals surface area contributed by atoms with E-state index in [1.54, 1.807) is 6.08 Å². The molecule has 4 nitrogen and oxygen atoms in total. The molecule has 2 unspecified atom stereocenters. The molecule has 0 aromatic heterocycles. The third kappa shape index (κ3) is 59.7. The molecule has 0 rings (SSSR count). The van der Waals surface area contributed by atoms with E-state index in [1.807, 2.05) is 6.08 Å². The van der Waals surface area contributed by atoms with E-state index in [0.29, 0.717) is 6.42 Å². The highest BCUT2D eigenvalue weighted by atomic mass is 16.3. The summed E-state index contributed by atoms with van der Waals surface area (Å²) in [5.74, 6) is -0.0645. The number of amides is 1. The predicted molar refractivity (Wildman–Crippen MR) is 322 cm³/mol. The molecule has 0 aromatic rings. The minimum atomic E-state index is -0.861. The maximum Gasteiger partial charge on any atom is 0.220 e. The number of unbranched alkanes of at least 4 members (excludes halogenated alkanes) is 54. The first-order valence-electron chi connectivity index (χ1n) is 33.6. The van der Waals surface area contributed by atoms with Crippen LogP contribution in [0.4, 0.5) is 0 Å². The minimum Gasteiger partial charge on any atom is -0.394 e. The second kappa shape index (κ2) is 64.2. The number of carbonyl (C=O) groups excluding carboxylic acids is 1. The van der Waals surface area contributed by atoms with Crippen LogP contribution in [0.5, 0.6) is 0 Å². The van der Waals surface area contributed by atoms with Crippen LogP contribution in [0.25, 0.3) is 0 Å². The van der Waals surface area contributed by atoms with E-state index in [2.05, 4.69) is 31.3 Å². The maximum absolute atomic E-state index is 12.5. The summed E-state index contributed by atoms with van der Waals surface area (Å²) in [4.78, 5) is 12.5. The van der Waals surface area contributed by atoms with Gasteiger partial charge in [0.25, 0.3) is 0 Å². The minimum absolute atomic E-state index is 0.0645. The van der Waals surface area contributed by atoms with Gasteiger partial charge in [0, 0.05) is 6.42 Å². The molecule has 72 heavy (non-hydrogen) atoms. The lowest BCUT2D eigenvalue weighted by atomic mass is 10.0. The standard InChI is InChI=1S/C68H133NO3/c1-3-5-7-9-11-13-15-17-19-21-23-25-27-29-31-32-33-34-35-36-37-38-40-42-44-46-48-50-52-54-56-58-60-62-64-68(72)69-66(65-70)67(71)63-61-59-57-55-53-51-49-47-45-43-41-39-30-28-26-24-22-20-18-16-14-12-10-8-6-4-2/h53,55,61,63,66-67,70-71H,3-52,54,56-60,62,64-65H2,1-2H3,(H,69,72)/b55-53+,63-61+. The molecular weight excluding hydrogens is 879 g/mol. The van der Waals surface area contributed by atoms with Crippen LogP contribution in [0.3, 0.4) is 0 Å². The molecule has 428 valence electrons. The Hall–Kier alpha value is -1.13. The molecule has 3 N–H and O–H groups in total. The third-order valence-electron chi connectivity index (χ3n) is 15.9. The average Bonchev–Trinajstić information content (AvgIpc) is 3.39. The molecule has 0 aromatic carbocycles. The lowest BCUT2D eigenvalue weighted by molar-refractivity contribution is -0.123. The molecule has 0 spiro atoms. The smallest absolute Gasteiger partial charge is 0.220 e. The van der Waals surface area contributed by atoms with Crippen molar-refractivity contribution in [2.24, 2.45) is 0 Å². The molecule has 0 radical (unpaired) electrons. The van der Waals surface area contributed by atoms with Crippen LogP contribution in [0, 0.1) is 0 Å². The van der Waals surface area contributed by atoms with Crippen molar-refractivity contribution >= 4 is 5.91 Å². The van der Waals surface area contributed by atoms with Crippen LogP contribution >= 0.6 is 0 Å². The van der Waals surface area contributed by atoms with E-state index in [1.165, 1.54) is 334 Å². The van der Waals surface area contributed by atoms with Crippen molar-refractivity contribution in [3.05, 3.63) is 24.3 Å². The van der Waals surface area contributed by atoms with E-state index >= 15 is 0 Å². The molecule has 0 heterocycles. The monoisotopic (exact) mass is 1010 g/mol. The normalized spacial score (nSPS) is 12.8. The van der Waals surface area contributed by atoms with Crippen LogP contribution in [0.15, 0.2) is 24.3 Å². The zero-order valence-corrected chi connectivity index (χ0v) is 49.5. The Morgan fingerprint density at radius 2 is 0.542 bits per heavy atom. The van der Waals surface area contributed by atoms with Gasteiger partial charge in [0.05, 0.1) is 18.8 Å². The number of aliphatic hydroxyl groups is 2. The summed E-state index contributed by atoms with van der Waals surface area (Å²) >= 11 is 0. The first-order chi connectivity index (χ1) is 35.7. The van der Waals surface area contributed by atoms with Crippen molar-refractivity contribution in [3.8, 4) is 0 Å². The molecule has 1 amide bonds. The number of nitrogens with one attached hydrogen (secondary N) is 1. The van der Waals surface area contributed by atoms with E-state index in [0.717, 1.165) is 32.1 Å². The van der Waals surface area contributed by atoms with Crippen LogP contribution in [0.2, 0.25) is 0 Å². The Morgan fingerprint density at radius 3 is 0.806 bits per heavy atom. The molecule has 0 aliphatic rings. The zero-order valence-electron chi connectivity index (χ0n) is 49.5. The van der Waals surface area contributed by atoms with Gasteiger partial charge in [0.2, 0.25) is 5.91 Å². The van der Waals surface area contributed by atoms with Crippen LogP contribution in [-0.4, -0.2) is 34.9 Å². The van der Waals surface area contributed by atoms with Gasteiger partial charge in [-0.1, -0.05) is 372 Å². The average molecular weight is 1010 g/mol. The fourth-order valence-corrected chi connectivity index (χ4v) is 10.8. The number of aliphatic hydroxyl groups excluding tert-OH is 2. The van der Waals surface area contributed by atoms with Gasteiger partial charge in [-0.15, -0.1) is 0 Å². The van der Waals surface area contributed by atoms with Crippen molar-refractivity contribution in [2.75, 3.05) is 6.61 Å². The van der Waals surface area contributed by atoms with Crippen LogP contribution in [-0.2, 0) is 4.79 Å². The number of allylic oxidation sites excluding steroid dienone is 3. The summed E-state index contributed by atoms with van der Waals surface area (Å²) in [7, 11) is 0. The first-order valence-corrected chi connectivity index (χ1v) is 33.6. The Labute approximate surface area is 453 Å². The van der Waals surface area contributed by atoms with E-state index in [-0.39, 0.29) is 12.5 Å². The number of hydrogen-bond donors (Lipinski definition) is 3. The quantitative estimate of drug-likeness (QED) is 0.0420. The van der Waals surface area contributed by atoms with Gasteiger partial charge in [0.1, 0.15) is 0 Å². The fraction of sp³-hybridized carbons (Fsp3) is 0.926. The number of rotatable bonds is 63. The summed E-state index contributed by atoms with van der Waals surface area (Å²) in [5, 5.41) is 23.2. The topological polar surface area (TPSA) is 69.6 Å². The van der Waals surface area contributed by atoms with Gasteiger partial charge in [-0.25, -0.2) is 0 Å². The van der Waals surface area contributed by atoms with E-state index in [4.69, 9.17) is 0 Å². The Morgan fingerprint density at radius 1 is 0.319 bits per heavy atom. The number of hydrogen-bond acceptors (Lipinski definition) is 3. The molecular formula is C68H133NO3. The summed E-state index contributed by atoms with van der Waals surface area (Å²) < 4.78 is 0. The van der Waals surface area contributed by atoms with Gasteiger partial charge >= 0.3 is 0 Å². The van der Waals surface area contributed by atoms with E-state index < -0.39 is 12.1 Å². The predicted octanol–water partition coefficient (Wildman–Crippen LogP) is 22.6. The highest BCUT2D eigenvalue weighted by Crippen LogP contribution is 2.19. The SMILES string of the molecule is CCCCCCCCCCCCCCCCCCCCCC/C=C/CC/C=C/C(O)C(CO)NC(=O)CCCCCCCCCCCCCCCCCCCCCCCCCCCCCCCCCCCC. The second-order valence-electron chi connectivity index (χ2n) is 23.2. The van der Waals surface area contributed by atoms with Crippen molar-refractivity contribution in [1.82, 2.24) is 5.32 Å². The second-order valence-corrected chi connectivity index (χ2v) is 23.2. The highest BCUT2D eigenvalue weighted by Gasteiger charge is 2.18.